The Balaban J connectivity index is 0. The Hall–Kier alpha value is -0.0800. The summed E-state index contributed by atoms with van der Waals surface area (Å²) >= 11 is 0. The maximum absolute atomic E-state index is 5.65. The zero-order valence-electron chi connectivity index (χ0n) is 13.8. The van der Waals surface area contributed by atoms with Crippen LogP contribution in [0.15, 0.2) is 0 Å². The number of hydrogen-bond acceptors (Lipinski definition) is 2. The van der Waals surface area contributed by atoms with Crippen LogP contribution in [-0.4, -0.2) is 25.9 Å². The molecule has 0 atom stereocenters. The summed E-state index contributed by atoms with van der Waals surface area (Å²) in [6.45, 7) is 14.0. The average molecular weight is 260 g/mol. The van der Waals surface area contributed by atoms with Gasteiger partial charge in [-0.25, -0.2) is 0 Å². The van der Waals surface area contributed by atoms with Gasteiger partial charge in [0, 0.05) is 13.7 Å². The van der Waals surface area contributed by atoms with Gasteiger partial charge >= 0.3 is 0 Å². The smallest absolute Gasteiger partial charge is 0.0569 e. The van der Waals surface area contributed by atoms with Crippen LogP contribution in [-0.2, 0) is 9.47 Å². The van der Waals surface area contributed by atoms with Crippen molar-refractivity contribution in [2.45, 2.75) is 85.9 Å². The van der Waals surface area contributed by atoms with Crippen molar-refractivity contribution < 1.29 is 9.47 Å². The molecule has 0 saturated carbocycles. The Kier molecular flexibility index (Phi) is 16.8. The molecule has 0 aliphatic rings. The van der Waals surface area contributed by atoms with E-state index in [1.54, 1.807) is 7.11 Å². The zero-order chi connectivity index (χ0) is 14.4. The number of rotatable bonds is 9. The van der Waals surface area contributed by atoms with Gasteiger partial charge in [-0.05, 0) is 38.0 Å². The van der Waals surface area contributed by atoms with Crippen LogP contribution in [0.25, 0.3) is 0 Å². The lowest BCUT2D eigenvalue weighted by Crippen LogP contribution is -2.12. The molecule has 18 heavy (non-hydrogen) atoms. The van der Waals surface area contributed by atoms with Gasteiger partial charge in [-0.15, -0.1) is 0 Å². The summed E-state index contributed by atoms with van der Waals surface area (Å²) in [6.07, 6.45) is 6.73. The summed E-state index contributed by atoms with van der Waals surface area (Å²) in [5.74, 6) is 0.768. The van der Waals surface area contributed by atoms with Crippen molar-refractivity contribution in [1.82, 2.24) is 0 Å². The molecule has 0 aromatic rings. The Bertz CT molecular complexity index is 133. The van der Waals surface area contributed by atoms with Crippen LogP contribution in [0.2, 0.25) is 0 Å². The molecule has 0 bridgehead atoms. The van der Waals surface area contributed by atoms with E-state index in [2.05, 4.69) is 41.5 Å². The molecule has 112 valence electrons. The molecule has 0 radical (unpaired) electrons. The van der Waals surface area contributed by atoms with Crippen molar-refractivity contribution in [3.63, 3.8) is 0 Å². The lowest BCUT2D eigenvalue weighted by molar-refractivity contribution is 0.0418. The number of ether oxygens (including phenoxy) is 2. The molecule has 0 aromatic carbocycles. The van der Waals surface area contributed by atoms with Crippen molar-refractivity contribution >= 4 is 0 Å². The molecule has 0 aliphatic carbocycles. The topological polar surface area (TPSA) is 18.5 Å². The molecule has 0 aromatic heterocycles. The quantitative estimate of drug-likeness (QED) is 0.577. The molecule has 0 saturated heterocycles. The Morgan fingerprint density at radius 2 is 1.22 bits per heavy atom. The van der Waals surface area contributed by atoms with Crippen molar-refractivity contribution in [1.29, 1.82) is 0 Å². The van der Waals surface area contributed by atoms with Gasteiger partial charge < -0.3 is 9.47 Å². The third-order valence-electron chi connectivity index (χ3n) is 3.20. The fraction of sp³-hybridized carbons (Fsp3) is 1.00. The van der Waals surface area contributed by atoms with Crippen molar-refractivity contribution in [2.24, 2.45) is 5.92 Å². The normalized spacial score (nSPS) is 11.0. The van der Waals surface area contributed by atoms with E-state index in [0.29, 0.717) is 12.2 Å². The van der Waals surface area contributed by atoms with E-state index in [1.807, 2.05) is 0 Å². The summed E-state index contributed by atoms with van der Waals surface area (Å²) in [5, 5.41) is 0. The van der Waals surface area contributed by atoms with Crippen LogP contribution in [0.5, 0.6) is 0 Å². The Labute approximate surface area is 115 Å². The van der Waals surface area contributed by atoms with E-state index >= 15 is 0 Å². The Morgan fingerprint density at radius 1 is 0.778 bits per heavy atom. The first kappa shape index (κ1) is 20.2. The predicted molar refractivity (Wildman–Crippen MR) is 81.2 cm³/mol. The van der Waals surface area contributed by atoms with E-state index in [9.17, 15) is 0 Å². The highest BCUT2D eigenvalue weighted by atomic mass is 16.5. The van der Waals surface area contributed by atoms with Gasteiger partial charge in [-0.2, -0.15) is 0 Å². The molecule has 0 amide bonds. The van der Waals surface area contributed by atoms with Crippen LogP contribution >= 0.6 is 0 Å². The van der Waals surface area contributed by atoms with Gasteiger partial charge in [-0.1, -0.05) is 41.5 Å². The number of methoxy groups -OCH3 is 1. The minimum atomic E-state index is 0.486. The SMILES string of the molecule is CCC(CC)OC.CCC(CC)OCCC(C)C. The molecule has 0 spiro atoms. The van der Waals surface area contributed by atoms with E-state index in [4.69, 9.17) is 9.47 Å². The summed E-state index contributed by atoms with van der Waals surface area (Å²) in [6, 6.07) is 0. The van der Waals surface area contributed by atoms with Gasteiger partial charge in [0.05, 0.1) is 12.2 Å². The highest BCUT2D eigenvalue weighted by Gasteiger charge is 2.02. The van der Waals surface area contributed by atoms with Crippen LogP contribution < -0.4 is 0 Å². The first-order valence-electron chi connectivity index (χ1n) is 7.69. The lowest BCUT2D eigenvalue weighted by Gasteiger charge is -2.14. The van der Waals surface area contributed by atoms with E-state index < -0.39 is 0 Å². The van der Waals surface area contributed by atoms with E-state index in [0.717, 1.165) is 38.2 Å². The van der Waals surface area contributed by atoms with Crippen molar-refractivity contribution in [2.75, 3.05) is 13.7 Å². The maximum atomic E-state index is 5.65. The second-order valence-corrected chi connectivity index (χ2v) is 5.17. The van der Waals surface area contributed by atoms with Gasteiger partial charge in [0.2, 0.25) is 0 Å². The largest absolute Gasteiger partial charge is 0.381 e. The van der Waals surface area contributed by atoms with Crippen LogP contribution in [0.1, 0.15) is 73.6 Å². The first-order chi connectivity index (χ1) is 8.55. The lowest BCUT2D eigenvalue weighted by atomic mass is 10.1. The average Bonchev–Trinajstić information content (AvgIpc) is 2.37. The molecule has 0 heterocycles. The molecular formula is C16H36O2. The van der Waals surface area contributed by atoms with Gasteiger partial charge in [0.1, 0.15) is 0 Å². The zero-order valence-corrected chi connectivity index (χ0v) is 13.8. The van der Waals surface area contributed by atoms with Gasteiger partial charge in [-0.3, -0.25) is 0 Å². The summed E-state index contributed by atoms with van der Waals surface area (Å²) < 4.78 is 10.7. The van der Waals surface area contributed by atoms with Crippen molar-refractivity contribution in [3.05, 3.63) is 0 Å². The summed E-state index contributed by atoms with van der Waals surface area (Å²) in [4.78, 5) is 0. The molecule has 0 rings (SSSR count). The minimum absolute atomic E-state index is 0.486. The van der Waals surface area contributed by atoms with Crippen molar-refractivity contribution in [3.8, 4) is 0 Å². The second-order valence-electron chi connectivity index (χ2n) is 5.17. The second kappa shape index (κ2) is 15.0. The Morgan fingerprint density at radius 3 is 1.44 bits per heavy atom. The summed E-state index contributed by atoms with van der Waals surface area (Å²) in [7, 11) is 1.76. The van der Waals surface area contributed by atoms with Crippen LogP contribution in [0, 0.1) is 5.92 Å². The third kappa shape index (κ3) is 14.0. The molecular weight excluding hydrogens is 224 g/mol. The number of hydrogen-bond donors (Lipinski definition) is 0. The third-order valence-corrected chi connectivity index (χ3v) is 3.20. The molecule has 2 nitrogen and oxygen atoms in total. The van der Waals surface area contributed by atoms with Gasteiger partial charge in [0.25, 0.3) is 0 Å². The van der Waals surface area contributed by atoms with Gasteiger partial charge in [0.15, 0.2) is 0 Å². The first-order valence-corrected chi connectivity index (χ1v) is 7.69. The standard InChI is InChI=1S/C10H22O.C6H14O/c1-5-10(6-2)11-8-7-9(3)4;1-4-6(5-2)7-3/h9-10H,5-8H2,1-4H3;6H,4-5H2,1-3H3. The fourth-order valence-corrected chi connectivity index (χ4v) is 1.62. The molecule has 0 N–H and O–H groups in total. The van der Waals surface area contributed by atoms with E-state index in [-0.39, 0.29) is 0 Å². The van der Waals surface area contributed by atoms with Crippen LogP contribution in [0.4, 0.5) is 0 Å². The van der Waals surface area contributed by atoms with E-state index in [1.165, 1.54) is 6.42 Å². The summed E-state index contributed by atoms with van der Waals surface area (Å²) in [5.41, 5.74) is 0. The molecule has 2 heteroatoms. The molecule has 0 aliphatic heterocycles. The maximum Gasteiger partial charge on any atom is 0.0569 e. The molecule has 0 unspecified atom stereocenters. The minimum Gasteiger partial charge on any atom is -0.381 e. The highest BCUT2D eigenvalue weighted by Crippen LogP contribution is 2.06. The molecule has 0 fully saturated rings. The monoisotopic (exact) mass is 260 g/mol. The predicted octanol–water partition coefficient (Wildman–Crippen LogP) is 5.06. The highest BCUT2D eigenvalue weighted by molar-refractivity contribution is 4.52. The van der Waals surface area contributed by atoms with Crippen LogP contribution in [0.3, 0.4) is 0 Å². The fourth-order valence-electron chi connectivity index (χ4n) is 1.62.